The van der Waals surface area contributed by atoms with Crippen LogP contribution in [-0.4, -0.2) is 47.6 Å². The Labute approximate surface area is 107 Å². The summed E-state index contributed by atoms with van der Waals surface area (Å²) in [5, 5.41) is 18.8. The molecule has 0 aliphatic rings. The number of esters is 2. The molecule has 0 aromatic rings. The fraction of sp³-hybridized carbons (Fsp3) is 0.833. The standard InChI is InChI=1S/C12H22O6/c1-3-5-7-17-11(15)9(13)10(14)12(16)18-8-6-4-2/h9-10,13-14H,3-8H2,1-2H3/i11+1,12+1. The highest BCUT2D eigenvalue weighted by Gasteiger charge is 2.32. The van der Waals surface area contributed by atoms with Crippen molar-refractivity contribution in [1.29, 1.82) is 0 Å². The second kappa shape index (κ2) is 9.85. The maximum Gasteiger partial charge on any atom is 0.338 e. The van der Waals surface area contributed by atoms with Crippen LogP contribution in [0.4, 0.5) is 0 Å². The molecule has 0 spiro atoms. The molecular formula is C12H22O6. The van der Waals surface area contributed by atoms with Gasteiger partial charge in [-0.15, -0.1) is 0 Å². The predicted molar refractivity (Wildman–Crippen MR) is 63.7 cm³/mol. The predicted octanol–water partition coefficient (Wildman–Crippen LogP) is 0.395. The average Bonchev–Trinajstić information content (AvgIpc) is 2.37. The van der Waals surface area contributed by atoms with E-state index >= 15 is 0 Å². The van der Waals surface area contributed by atoms with Crippen molar-refractivity contribution in [2.75, 3.05) is 13.2 Å². The molecule has 18 heavy (non-hydrogen) atoms. The molecule has 0 saturated carbocycles. The zero-order chi connectivity index (χ0) is 14.0. The van der Waals surface area contributed by atoms with Crippen molar-refractivity contribution in [3.8, 4) is 0 Å². The van der Waals surface area contributed by atoms with E-state index < -0.39 is 24.1 Å². The largest absolute Gasteiger partial charge is 0.464 e. The first-order valence-corrected chi connectivity index (χ1v) is 6.24. The van der Waals surface area contributed by atoms with Crippen molar-refractivity contribution in [3.05, 3.63) is 0 Å². The minimum Gasteiger partial charge on any atom is -0.464 e. The molecule has 106 valence electrons. The molecule has 0 aliphatic carbocycles. The van der Waals surface area contributed by atoms with Gasteiger partial charge < -0.3 is 19.7 Å². The Morgan fingerprint density at radius 3 is 1.50 bits per heavy atom. The molecule has 0 amide bonds. The zero-order valence-corrected chi connectivity index (χ0v) is 10.9. The van der Waals surface area contributed by atoms with Crippen molar-refractivity contribution in [1.82, 2.24) is 0 Å². The van der Waals surface area contributed by atoms with Gasteiger partial charge in [0.05, 0.1) is 13.2 Å². The Kier molecular flexibility index (Phi) is 9.22. The Bertz CT molecular complexity index is 227. The zero-order valence-electron chi connectivity index (χ0n) is 10.9. The first-order valence-electron chi connectivity index (χ1n) is 6.24. The summed E-state index contributed by atoms with van der Waals surface area (Å²) < 4.78 is 9.37. The third kappa shape index (κ3) is 6.56. The smallest absolute Gasteiger partial charge is 0.338 e. The second-order valence-electron chi connectivity index (χ2n) is 3.93. The normalized spacial score (nSPS) is 13.8. The number of ether oxygens (including phenoxy) is 2. The molecule has 6 nitrogen and oxygen atoms in total. The van der Waals surface area contributed by atoms with Gasteiger partial charge in [-0.3, -0.25) is 0 Å². The number of carbonyl (C=O) groups excluding carboxylic acids is 2. The van der Waals surface area contributed by atoms with Gasteiger partial charge in [-0.05, 0) is 12.8 Å². The Morgan fingerprint density at radius 2 is 1.22 bits per heavy atom. The summed E-state index contributed by atoms with van der Waals surface area (Å²) in [6.07, 6.45) is -0.784. The first-order chi connectivity index (χ1) is 8.54. The number of unbranched alkanes of at least 4 members (excludes halogenated alkanes) is 2. The van der Waals surface area contributed by atoms with Crippen LogP contribution < -0.4 is 0 Å². The highest BCUT2D eigenvalue weighted by molar-refractivity contribution is 5.85. The third-order valence-electron chi connectivity index (χ3n) is 2.27. The summed E-state index contributed by atoms with van der Waals surface area (Å²) in [5.41, 5.74) is 0. The maximum atomic E-state index is 11.3. The van der Waals surface area contributed by atoms with Gasteiger partial charge in [0.15, 0.2) is 12.2 Å². The van der Waals surface area contributed by atoms with Crippen LogP contribution in [0.25, 0.3) is 0 Å². The number of aliphatic hydroxyl groups excluding tert-OH is 2. The molecule has 0 aliphatic heterocycles. The van der Waals surface area contributed by atoms with Crippen molar-refractivity contribution < 1.29 is 29.3 Å². The van der Waals surface area contributed by atoms with Crippen LogP contribution in [-0.2, 0) is 19.1 Å². The lowest BCUT2D eigenvalue weighted by Crippen LogP contribution is -2.41. The Balaban J connectivity index is 4.02. The van der Waals surface area contributed by atoms with Crippen molar-refractivity contribution in [3.63, 3.8) is 0 Å². The highest BCUT2D eigenvalue weighted by Crippen LogP contribution is 2.02. The molecule has 0 bridgehead atoms. The summed E-state index contributed by atoms with van der Waals surface area (Å²) in [5.74, 6) is -2.02. The summed E-state index contributed by atoms with van der Waals surface area (Å²) in [7, 11) is 0. The lowest BCUT2D eigenvalue weighted by molar-refractivity contribution is -0.173. The van der Waals surface area contributed by atoms with Crippen LogP contribution >= 0.6 is 0 Å². The van der Waals surface area contributed by atoms with E-state index in [9.17, 15) is 19.8 Å². The van der Waals surface area contributed by atoms with Gasteiger partial charge in [0.2, 0.25) is 0 Å². The highest BCUT2D eigenvalue weighted by atomic mass is 16.7. The minimum atomic E-state index is -1.89. The van der Waals surface area contributed by atoms with Crippen LogP contribution in [0.5, 0.6) is 0 Å². The molecule has 0 radical (unpaired) electrons. The molecular weight excluding hydrogens is 242 g/mol. The lowest BCUT2D eigenvalue weighted by atomic mass is 10.3. The van der Waals surface area contributed by atoms with Gasteiger partial charge in [0, 0.05) is 0 Å². The van der Waals surface area contributed by atoms with Crippen molar-refractivity contribution in [2.24, 2.45) is 0 Å². The second-order valence-corrected chi connectivity index (χ2v) is 3.93. The summed E-state index contributed by atoms with van der Waals surface area (Å²) in [4.78, 5) is 22.5. The van der Waals surface area contributed by atoms with Gasteiger partial charge in [-0.25, -0.2) is 9.59 Å². The third-order valence-corrected chi connectivity index (χ3v) is 2.27. The molecule has 6 heteroatoms. The monoisotopic (exact) mass is 264 g/mol. The fourth-order valence-corrected chi connectivity index (χ4v) is 1.06. The number of carbonyl (C=O) groups is 2. The molecule has 0 aromatic heterocycles. The SMILES string of the molecule is CCCCO[13C](=O)C(O)C(O)[13C](=O)OCCCC. The summed E-state index contributed by atoms with van der Waals surface area (Å²) >= 11 is 0. The molecule has 0 saturated heterocycles. The number of hydrogen-bond acceptors (Lipinski definition) is 6. The first kappa shape index (κ1) is 16.9. The molecule has 0 rings (SSSR count). The van der Waals surface area contributed by atoms with E-state index in [1.54, 1.807) is 0 Å². The average molecular weight is 264 g/mol. The van der Waals surface area contributed by atoms with E-state index in [4.69, 9.17) is 0 Å². The number of hydrogen-bond donors (Lipinski definition) is 2. The summed E-state index contributed by atoms with van der Waals surface area (Å²) in [6, 6.07) is 0. The lowest BCUT2D eigenvalue weighted by Gasteiger charge is -2.15. The van der Waals surface area contributed by atoms with Gasteiger partial charge in [-0.2, -0.15) is 0 Å². The molecule has 0 fully saturated rings. The van der Waals surface area contributed by atoms with Crippen molar-refractivity contribution in [2.45, 2.75) is 51.7 Å². The molecule has 2 atom stereocenters. The molecule has 0 heterocycles. The molecule has 0 aromatic carbocycles. The Morgan fingerprint density at radius 1 is 0.889 bits per heavy atom. The van der Waals surface area contributed by atoms with E-state index in [1.165, 1.54) is 0 Å². The Hall–Kier alpha value is -1.14. The van der Waals surface area contributed by atoms with E-state index in [0.717, 1.165) is 12.8 Å². The van der Waals surface area contributed by atoms with E-state index in [0.29, 0.717) is 12.8 Å². The van der Waals surface area contributed by atoms with Gasteiger partial charge >= 0.3 is 11.9 Å². The van der Waals surface area contributed by atoms with Crippen LogP contribution in [0, 0.1) is 0 Å². The van der Waals surface area contributed by atoms with Crippen molar-refractivity contribution >= 4 is 11.9 Å². The molecule has 2 unspecified atom stereocenters. The van der Waals surface area contributed by atoms with E-state index in [1.807, 2.05) is 13.8 Å². The maximum absolute atomic E-state index is 11.3. The van der Waals surface area contributed by atoms with E-state index in [-0.39, 0.29) is 13.2 Å². The van der Waals surface area contributed by atoms with Crippen LogP contribution in [0.1, 0.15) is 39.5 Å². The number of aliphatic hydroxyl groups is 2. The van der Waals surface area contributed by atoms with Gasteiger partial charge in [0.25, 0.3) is 0 Å². The van der Waals surface area contributed by atoms with Gasteiger partial charge in [-0.1, -0.05) is 26.7 Å². The molecule has 2 N–H and O–H groups in total. The van der Waals surface area contributed by atoms with Crippen LogP contribution in [0.2, 0.25) is 0 Å². The van der Waals surface area contributed by atoms with Crippen LogP contribution in [0.15, 0.2) is 0 Å². The van der Waals surface area contributed by atoms with E-state index in [2.05, 4.69) is 9.47 Å². The minimum absolute atomic E-state index is 0.157. The fourth-order valence-electron chi connectivity index (χ4n) is 1.06. The number of rotatable bonds is 9. The topological polar surface area (TPSA) is 93.1 Å². The summed E-state index contributed by atoms with van der Waals surface area (Å²) in [6.45, 7) is 4.16. The van der Waals surface area contributed by atoms with Crippen LogP contribution in [0.3, 0.4) is 0 Å². The van der Waals surface area contributed by atoms with Gasteiger partial charge in [0.1, 0.15) is 0 Å². The quantitative estimate of drug-likeness (QED) is 0.355.